The van der Waals surface area contributed by atoms with Crippen molar-refractivity contribution >= 4 is 15.7 Å². The van der Waals surface area contributed by atoms with Gasteiger partial charge in [0.25, 0.3) is 0 Å². The number of sulfone groups is 1. The Kier molecular flexibility index (Phi) is 4.71. The fraction of sp³-hybridized carbons (Fsp3) is 0.412. The lowest BCUT2D eigenvalue weighted by Crippen LogP contribution is -2.32. The van der Waals surface area contributed by atoms with Gasteiger partial charge in [0.05, 0.1) is 6.04 Å². The van der Waals surface area contributed by atoms with Gasteiger partial charge < -0.3 is 10.3 Å². The number of nitrogens with one attached hydrogen (secondary N) is 2. The molecule has 0 radical (unpaired) electrons. The van der Waals surface area contributed by atoms with Gasteiger partial charge in [0.1, 0.15) is 5.75 Å². The highest BCUT2D eigenvalue weighted by Gasteiger charge is 2.23. The van der Waals surface area contributed by atoms with Crippen LogP contribution in [0.1, 0.15) is 42.5 Å². The smallest absolute Gasteiger partial charge is 0.236 e. The van der Waals surface area contributed by atoms with Crippen LogP contribution in [0.3, 0.4) is 0 Å². The highest BCUT2D eigenvalue weighted by Crippen LogP contribution is 2.24. The molecule has 0 saturated heterocycles. The molecular formula is C17H21N3O3S. The zero-order valence-electron chi connectivity index (χ0n) is 13.6. The Morgan fingerprint density at radius 3 is 2.75 bits per heavy atom. The number of H-pyrrole nitrogens is 1. The van der Waals surface area contributed by atoms with Gasteiger partial charge in [-0.1, -0.05) is 18.2 Å². The fourth-order valence-corrected chi connectivity index (χ4v) is 4.09. The summed E-state index contributed by atoms with van der Waals surface area (Å²) in [5.74, 6) is -1.15. The van der Waals surface area contributed by atoms with Crippen LogP contribution in [-0.2, 0) is 27.5 Å². The van der Waals surface area contributed by atoms with Gasteiger partial charge in [-0.05, 0) is 49.3 Å². The van der Waals surface area contributed by atoms with Gasteiger partial charge in [0.2, 0.25) is 20.9 Å². The number of benzene rings is 1. The number of hydrogen-bond donors (Lipinski definition) is 2. The summed E-state index contributed by atoms with van der Waals surface area (Å²) in [5, 5.41) is 2.58. The summed E-state index contributed by atoms with van der Waals surface area (Å²) in [6.07, 6.45) is 7.36. The van der Waals surface area contributed by atoms with Crippen molar-refractivity contribution in [2.45, 2.75) is 43.8 Å². The predicted octanol–water partition coefficient (Wildman–Crippen LogP) is 1.94. The topological polar surface area (TPSA) is 91.9 Å². The van der Waals surface area contributed by atoms with Gasteiger partial charge in [0, 0.05) is 12.4 Å². The third-order valence-corrected chi connectivity index (χ3v) is 5.79. The zero-order chi connectivity index (χ0) is 17.2. The number of imidazole rings is 1. The Morgan fingerprint density at radius 2 is 2.04 bits per heavy atom. The molecule has 1 aliphatic rings. The summed E-state index contributed by atoms with van der Waals surface area (Å²) in [5.41, 5.74) is 3.71. The Hall–Kier alpha value is -2.15. The number of carbonyl (C=O) groups is 1. The summed E-state index contributed by atoms with van der Waals surface area (Å²) in [6, 6.07) is 6.01. The summed E-state index contributed by atoms with van der Waals surface area (Å²) in [7, 11) is -3.74. The fourth-order valence-electron chi connectivity index (χ4n) is 3.05. The Labute approximate surface area is 141 Å². The Balaban J connectivity index is 1.66. The van der Waals surface area contributed by atoms with Gasteiger partial charge in [-0.2, -0.15) is 0 Å². The molecule has 2 aromatic rings. The number of fused-ring (bicyclic) bond motifs is 1. The highest BCUT2D eigenvalue weighted by atomic mass is 32.2. The maximum atomic E-state index is 12.1. The second kappa shape index (κ2) is 6.76. The number of aromatic nitrogens is 2. The molecule has 0 unspecified atom stereocenters. The van der Waals surface area contributed by atoms with Crippen LogP contribution < -0.4 is 5.32 Å². The van der Waals surface area contributed by atoms with Crippen molar-refractivity contribution in [3.63, 3.8) is 0 Å². The molecule has 1 amide bonds. The van der Waals surface area contributed by atoms with E-state index in [4.69, 9.17) is 0 Å². The average molecular weight is 347 g/mol. The van der Waals surface area contributed by atoms with E-state index in [-0.39, 0.29) is 11.2 Å². The normalized spacial score (nSPS) is 15.5. The van der Waals surface area contributed by atoms with E-state index in [0.29, 0.717) is 0 Å². The van der Waals surface area contributed by atoms with Gasteiger partial charge in [0.15, 0.2) is 0 Å². The van der Waals surface area contributed by atoms with Crippen molar-refractivity contribution in [3.8, 4) is 0 Å². The second-order valence-electron chi connectivity index (χ2n) is 6.18. The van der Waals surface area contributed by atoms with Crippen LogP contribution in [-0.4, -0.2) is 30.0 Å². The number of amides is 1. The first-order valence-electron chi connectivity index (χ1n) is 8.09. The molecule has 1 aromatic carbocycles. The number of aromatic amines is 1. The van der Waals surface area contributed by atoms with Crippen LogP contribution in [0.4, 0.5) is 0 Å². The lowest BCUT2D eigenvalue weighted by Gasteiger charge is -2.20. The van der Waals surface area contributed by atoms with Gasteiger partial charge in [-0.3, -0.25) is 4.79 Å². The molecule has 0 saturated carbocycles. The average Bonchev–Trinajstić information content (AvgIpc) is 3.09. The third kappa shape index (κ3) is 3.67. The number of nitrogens with zero attached hydrogens (tertiary/aromatic N) is 1. The minimum atomic E-state index is -3.74. The van der Waals surface area contributed by atoms with E-state index in [0.717, 1.165) is 18.4 Å². The van der Waals surface area contributed by atoms with Crippen molar-refractivity contribution in [2.24, 2.45) is 0 Å². The summed E-state index contributed by atoms with van der Waals surface area (Å²) >= 11 is 0. The minimum Gasteiger partial charge on any atom is -0.349 e. The Morgan fingerprint density at radius 1 is 1.29 bits per heavy atom. The van der Waals surface area contributed by atoms with E-state index in [1.54, 1.807) is 0 Å². The van der Waals surface area contributed by atoms with Gasteiger partial charge >= 0.3 is 0 Å². The molecule has 7 heteroatoms. The first kappa shape index (κ1) is 16.7. The highest BCUT2D eigenvalue weighted by molar-refractivity contribution is 7.91. The SMILES string of the molecule is C[C@@H](NC(=O)CS(=O)(=O)c1ncc[nH]1)c1ccc2c(c1)CCCC2. The molecule has 6 nitrogen and oxygen atoms in total. The molecule has 24 heavy (non-hydrogen) atoms. The van der Waals surface area contributed by atoms with E-state index in [2.05, 4.69) is 27.4 Å². The number of aryl methyl sites for hydroxylation is 2. The van der Waals surface area contributed by atoms with E-state index in [9.17, 15) is 13.2 Å². The van der Waals surface area contributed by atoms with Crippen molar-refractivity contribution in [3.05, 3.63) is 47.3 Å². The molecule has 1 aromatic heterocycles. The predicted molar refractivity (Wildman–Crippen MR) is 90.3 cm³/mol. The molecule has 0 spiro atoms. The molecule has 128 valence electrons. The summed E-state index contributed by atoms with van der Waals surface area (Å²) in [4.78, 5) is 18.3. The standard InChI is InChI=1S/C17H21N3O3S/c1-12(14-7-6-13-4-2-3-5-15(13)10-14)20-16(21)11-24(22,23)17-18-8-9-19-17/h6-10,12H,2-5,11H2,1H3,(H,18,19)(H,20,21)/t12-/m1/s1. The molecule has 0 fully saturated rings. The van der Waals surface area contributed by atoms with Crippen molar-refractivity contribution < 1.29 is 13.2 Å². The van der Waals surface area contributed by atoms with Gasteiger partial charge in [-0.25, -0.2) is 13.4 Å². The molecular weight excluding hydrogens is 326 g/mol. The first-order valence-corrected chi connectivity index (χ1v) is 9.74. The van der Waals surface area contributed by atoms with Crippen LogP contribution >= 0.6 is 0 Å². The van der Waals surface area contributed by atoms with E-state index in [1.165, 1.54) is 36.4 Å². The van der Waals surface area contributed by atoms with E-state index in [1.807, 2.05) is 13.0 Å². The first-order chi connectivity index (χ1) is 11.5. The maximum absolute atomic E-state index is 12.1. The molecule has 1 heterocycles. The van der Waals surface area contributed by atoms with Crippen LogP contribution in [0.15, 0.2) is 35.7 Å². The van der Waals surface area contributed by atoms with E-state index < -0.39 is 21.5 Å². The second-order valence-corrected chi connectivity index (χ2v) is 8.08. The molecule has 2 N–H and O–H groups in total. The monoisotopic (exact) mass is 347 g/mol. The van der Waals surface area contributed by atoms with Crippen molar-refractivity contribution in [1.82, 2.24) is 15.3 Å². The quantitative estimate of drug-likeness (QED) is 0.864. The molecule has 1 atom stereocenters. The molecule has 1 aliphatic carbocycles. The largest absolute Gasteiger partial charge is 0.349 e. The number of rotatable bonds is 5. The van der Waals surface area contributed by atoms with E-state index >= 15 is 0 Å². The lowest BCUT2D eigenvalue weighted by molar-refractivity contribution is -0.119. The van der Waals surface area contributed by atoms with Crippen molar-refractivity contribution in [1.29, 1.82) is 0 Å². The number of hydrogen-bond acceptors (Lipinski definition) is 4. The lowest BCUT2D eigenvalue weighted by atomic mass is 9.89. The van der Waals surface area contributed by atoms with Gasteiger partial charge in [-0.15, -0.1) is 0 Å². The maximum Gasteiger partial charge on any atom is 0.236 e. The van der Waals surface area contributed by atoms with Crippen LogP contribution in [0.25, 0.3) is 0 Å². The Bertz CT molecular complexity index is 829. The summed E-state index contributed by atoms with van der Waals surface area (Å²) < 4.78 is 24.1. The third-order valence-electron chi connectivity index (χ3n) is 4.34. The zero-order valence-corrected chi connectivity index (χ0v) is 14.4. The minimum absolute atomic E-state index is 0.181. The molecule has 3 rings (SSSR count). The van der Waals surface area contributed by atoms with Crippen LogP contribution in [0, 0.1) is 0 Å². The number of carbonyl (C=O) groups excluding carboxylic acids is 1. The summed E-state index contributed by atoms with van der Waals surface area (Å²) in [6.45, 7) is 1.86. The molecule has 0 aliphatic heterocycles. The molecule has 0 bridgehead atoms. The van der Waals surface area contributed by atoms with Crippen molar-refractivity contribution in [2.75, 3.05) is 5.75 Å². The van der Waals surface area contributed by atoms with Crippen LogP contribution in [0.5, 0.6) is 0 Å². The van der Waals surface area contributed by atoms with Crippen LogP contribution in [0.2, 0.25) is 0 Å².